The summed E-state index contributed by atoms with van der Waals surface area (Å²) in [5.41, 5.74) is 1.85. The van der Waals surface area contributed by atoms with Gasteiger partial charge in [0.2, 0.25) is 0 Å². The average molecular weight is 348 g/mol. The molecule has 0 saturated carbocycles. The summed E-state index contributed by atoms with van der Waals surface area (Å²) in [6, 6.07) is 12.6. The summed E-state index contributed by atoms with van der Waals surface area (Å²) in [5.74, 6) is 0.592. The molecule has 0 fully saturated rings. The molecule has 0 spiro atoms. The first-order valence-electron chi connectivity index (χ1n) is 7.71. The second-order valence-corrected chi connectivity index (χ2v) is 6.00. The fourth-order valence-electron chi connectivity index (χ4n) is 2.64. The van der Waals surface area contributed by atoms with Gasteiger partial charge in [0.1, 0.15) is 13.2 Å². The SMILES string of the molecule is O=C(O)C[C@@H](NCc1ccc2c(c1)OCCO2)c1cccc(Cl)c1. The van der Waals surface area contributed by atoms with Crippen LogP contribution in [0.3, 0.4) is 0 Å². The Morgan fingerprint density at radius 2 is 1.96 bits per heavy atom. The Morgan fingerprint density at radius 3 is 2.71 bits per heavy atom. The van der Waals surface area contributed by atoms with E-state index in [9.17, 15) is 4.79 Å². The van der Waals surface area contributed by atoms with Gasteiger partial charge in [0, 0.05) is 17.6 Å². The van der Waals surface area contributed by atoms with Crippen molar-refractivity contribution in [2.45, 2.75) is 19.0 Å². The summed E-state index contributed by atoms with van der Waals surface area (Å²) in [6.07, 6.45) is -0.0229. The van der Waals surface area contributed by atoms with Crippen LogP contribution in [0.5, 0.6) is 11.5 Å². The van der Waals surface area contributed by atoms with Gasteiger partial charge in [-0.2, -0.15) is 0 Å². The molecule has 126 valence electrons. The lowest BCUT2D eigenvalue weighted by Gasteiger charge is -2.20. The number of nitrogens with one attached hydrogen (secondary N) is 1. The largest absolute Gasteiger partial charge is 0.486 e. The number of carbonyl (C=O) groups is 1. The molecule has 1 aliphatic heterocycles. The molecule has 0 unspecified atom stereocenters. The number of benzene rings is 2. The molecule has 2 N–H and O–H groups in total. The monoisotopic (exact) mass is 347 g/mol. The van der Waals surface area contributed by atoms with Gasteiger partial charge >= 0.3 is 5.97 Å². The normalized spacial score (nSPS) is 14.2. The number of fused-ring (bicyclic) bond motifs is 1. The number of rotatable bonds is 6. The molecular weight excluding hydrogens is 330 g/mol. The summed E-state index contributed by atoms with van der Waals surface area (Å²) >= 11 is 6.02. The van der Waals surface area contributed by atoms with E-state index in [1.54, 1.807) is 12.1 Å². The van der Waals surface area contributed by atoms with Gasteiger partial charge in [0.15, 0.2) is 11.5 Å². The van der Waals surface area contributed by atoms with Gasteiger partial charge in [-0.1, -0.05) is 29.8 Å². The lowest BCUT2D eigenvalue weighted by atomic mass is 10.0. The quantitative estimate of drug-likeness (QED) is 0.838. The van der Waals surface area contributed by atoms with Crippen LogP contribution in [-0.2, 0) is 11.3 Å². The van der Waals surface area contributed by atoms with Gasteiger partial charge in [-0.15, -0.1) is 0 Å². The van der Waals surface area contributed by atoms with Crippen LogP contribution in [-0.4, -0.2) is 24.3 Å². The number of aliphatic carboxylic acids is 1. The fourth-order valence-corrected chi connectivity index (χ4v) is 2.84. The maximum Gasteiger partial charge on any atom is 0.305 e. The van der Waals surface area contributed by atoms with Gasteiger partial charge in [-0.05, 0) is 35.4 Å². The van der Waals surface area contributed by atoms with E-state index in [-0.39, 0.29) is 12.5 Å². The summed E-state index contributed by atoms with van der Waals surface area (Å²) < 4.78 is 11.1. The van der Waals surface area contributed by atoms with E-state index >= 15 is 0 Å². The van der Waals surface area contributed by atoms with Gasteiger partial charge in [-0.25, -0.2) is 0 Å². The van der Waals surface area contributed by atoms with Crippen molar-refractivity contribution in [1.82, 2.24) is 5.32 Å². The number of carboxylic acids is 1. The van der Waals surface area contributed by atoms with Crippen LogP contribution in [0.1, 0.15) is 23.6 Å². The predicted octanol–water partition coefficient (Wildman–Crippen LogP) is 3.42. The zero-order valence-corrected chi connectivity index (χ0v) is 13.8. The van der Waals surface area contributed by atoms with Crippen molar-refractivity contribution in [3.63, 3.8) is 0 Å². The molecule has 5 nitrogen and oxygen atoms in total. The van der Waals surface area contributed by atoms with Crippen LogP contribution in [0.25, 0.3) is 0 Å². The third kappa shape index (κ3) is 4.19. The van der Waals surface area contributed by atoms with Gasteiger partial charge < -0.3 is 19.9 Å². The maximum atomic E-state index is 11.2. The first kappa shape index (κ1) is 16.6. The molecule has 0 radical (unpaired) electrons. The molecule has 1 aliphatic rings. The molecule has 0 amide bonds. The highest BCUT2D eigenvalue weighted by Crippen LogP contribution is 2.31. The number of halogens is 1. The average Bonchev–Trinajstić information content (AvgIpc) is 2.58. The lowest BCUT2D eigenvalue weighted by Crippen LogP contribution is -2.24. The third-order valence-corrected chi connectivity index (χ3v) is 4.02. The Hall–Kier alpha value is -2.24. The minimum absolute atomic E-state index is 0.0229. The first-order chi connectivity index (χ1) is 11.6. The second kappa shape index (κ2) is 7.55. The molecule has 2 aromatic rings. The standard InChI is InChI=1S/C18H18ClNO4/c19-14-3-1-2-13(9-14)15(10-18(21)22)20-11-12-4-5-16-17(8-12)24-7-6-23-16/h1-5,8-9,15,20H,6-7,10-11H2,(H,21,22)/t15-/m1/s1. The fraction of sp³-hybridized carbons (Fsp3) is 0.278. The minimum Gasteiger partial charge on any atom is -0.486 e. The Kier molecular flexibility index (Phi) is 5.23. The van der Waals surface area contributed by atoms with Crippen LogP contribution >= 0.6 is 11.6 Å². The van der Waals surface area contributed by atoms with Crippen LogP contribution in [0.15, 0.2) is 42.5 Å². The highest BCUT2D eigenvalue weighted by atomic mass is 35.5. The topological polar surface area (TPSA) is 67.8 Å². The smallest absolute Gasteiger partial charge is 0.305 e. The molecule has 24 heavy (non-hydrogen) atoms. The zero-order valence-electron chi connectivity index (χ0n) is 13.0. The molecule has 2 aromatic carbocycles. The molecule has 0 bridgehead atoms. The van der Waals surface area contributed by atoms with Crippen molar-refractivity contribution >= 4 is 17.6 Å². The van der Waals surface area contributed by atoms with Crippen LogP contribution in [0, 0.1) is 0 Å². The number of ether oxygens (including phenoxy) is 2. The minimum atomic E-state index is -0.866. The van der Waals surface area contributed by atoms with E-state index in [0.29, 0.717) is 24.8 Å². The predicted molar refractivity (Wildman–Crippen MR) is 90.7 cm³/mol. The Bertz CT molecular complexity index is 735. The van der Waals surface area contributed by atoms with Gasteiger partial charge in [0.05, 0.1) is 6.42 Å². The molecule has 6 heteroatoms. The number of hydrogen-bond donors (Lipinski definition) is 2. The Morgan fingerprint density at radius 1 is 1.17 bits per heavy atom. The second-order valence-electron chi connectivity index (χ2n) is 5.56. The summed E-state index contributed by atoms with van der Waals surface area (Å²) in [5, 5.41) is 13.0. The molecule has 0 saturated heterocycles. The van der Waals surface area contributed by atoms with E-state index in [1.165, 1.54) is 0 Å². The van der Waals surface area contributed by atoms with E-state index in [2.05, 4.69) is 5.32 Å². The first-order valence-corrected chi connectivity index (χ1v) is 8.09. The van der Waals surface area contributed by atoms with Crippen molar-refractivity contribution < 1.29 is 19.4 Å². The molecule has 0 aliphatic carbocycles. The van der Waals surface area contributed by atoms with Crippen LogP contribution in [0.2, 0.25) is 5.02 Å². The van der Waals surface area contributed by atoms with Gasteiger partial charge in [-0.3, -0.25) is 4.79 Å². The Labute approximate surface area is 145 Å². The van der Waals surface area contributed by atoms with E-state index in [0.717, 1.165) is 22.6 Å². The molecule has 0 aromatic heterocycles. The molecule has 1 atom stereocenters. The number of carboxylic acid groups (broad SMARTS) is 1. The van der Waals surface area contributed by atoms with Crippen LogP contribution < -0.4 is 14.8 Å². The van der Waals surface area contributed by atoms with E-state index in [1.807, 2.05) is 30.3 Å². The Balaban J connectivity index is 1.72. The van der Waals surface area contributed by atoms with Crippen molar-refractivity contribution in [1.29, 1.82) is 0 Å². The number of hydrogen-bond acceptors (Lipinski definition) is 4. The van der Waals surface area contributed by atoms with E-state index < -0.39 is 5.97 Å². The zero-order chi connectivity index (χ0) is 16.9. The molecular formula is C18H18ClNO4. The van der Waals surface area contributed by atoms with Crippen LogP contribution in [0.4, 0.5) is 0 Å². The maximum absolute atomic E-state index is 11.2. The summed E-state index contributed by atoms with van der Waals surface area (Å²) in [7, 11) is 0. The van der Waals surface area contributed by atoms with Crippen molar-refractivity contribution in [3.05, 3.63) is 58.6 Å². The van der Waals surface area contributed by atoms with Gasteiger partial charge in [0.25, 0.3) is 0 Å². The van der Waals surface area contributed by atoms with Crippen molar-refractivity contribution in [2.75, 3.05) is 13.2 Å². The molecule has 3 rings (SSSR count). The molecule has 1 heterocycles. The highest BCUT2D eigenvalue weighted by molar-refractivity contribution is 6.30. The highest BCUT2D eigenvalue weighted by Gasteiger charge is 2.17. The summed E-state index contributed by atoms with van der Waals surface area (Å²) in [6.45, 7) is 1.61. The summed E-state index contributed by atoms with van der Waals surface area (Å²) in [4.78, 5) is 11.2. The third-order valence-electron chi connectivity index (χ3n) is 3.79. The van der Waals surface area contributed by atoms with Crippen molar-refractivity contribution in [2.24, 2.45) is 0 Å². The van der Waals surface area contributed by atoms with E-state index in [4.69, 9.17) is 26.2 Å². The van der Waals surface area contributed by atoms with Crippen molar-refractivity contribution in [3.8, 4) is 11.5 Å². The lowest BCUT2D eigenvalue weighted by molar-refractivity contribution is -0.137.